The van der Waals surface area contributed by atoms with Crippen molar-refractivity contribution in [2.24, 2.45) is 5.73 Å². The molecule has 1 saturated heterocycles. The number of carbonyl (C=O) groups excluding carboxylic acids is 1. The Bertz CT molecular complexity index is 715. The van der Waals surface area contributed by atoms with Gasteiger partial charge in [-0.15, -0.1) is 0 Å². The molecule has 120 valence electrons. The van der Waals surface area contributed by atoms with Gasteiger partial charge in [0.05, 0.1) is 18.8 Å². The number of phenolic OH excluding ortho intramolecular Hbond substituents is 1. The first-order valence-electron chi connectivity index (χ1n) is 7.33. The Morgan fingerprint density at radius 2 is 1.96 bits per heavy atom. The smallest absolute Gasteiger partial charge is 0.414 e. The van der Waals surface area contributed by atoms with E-state index in [-0.39, 0.29) is 18.9 Å². The number of nitrogens with zero attached hydrogens (tertiary/aromatic N) is 1. The maximum Gasteiger partial charge on any atom is 0.414 e. The van der Waals surface area contributed by atoms with E-state index in [0.29, 0.717) is 17.8 Å². The van der Waals surface area contributed by atoms with E-state index < -0.39 is 12.2 Å². The van der Waals surface area contributed by atoms with Crippen LogP contribution in [0.2, 0.25) is 0 Å². The predicted molar refractivity (Wildman–Crippen MR) is 86.1 cm³/mol. The van der Waals surface area contributed by atoms with Gasteiger partial charge < -0.3 is 20.7 Å². The quantitative estimate of drug-likeness (QED) is 0.800. The van der Waals surface area contributed by atoms with Gasteiger partial charge >= 0.3 is 6.09 Å². The molecule has 1 fully saturated rings. The van der Waals surface area contributed by atoms with Gasteiger partial charge in [0.2, 0.25) is 0 Å². The number of hydrogen-bond donors (Lipinski definition) is 3. The number of rotatable bonds is 4. The Morgan fingerprint density at radius 1 is 1.22 bits per heavy atom. The molecule has 1 atom stereocenters. The average molecular weight is 314 g/mol. The largest absolute Gasteiger partial charge is 0.507 e. The van der Waals surface area contributed by atoms with E-state index in [4.69, 9.17) is 15.6 Å². The van der Waals surface area contributed by atoms with Crippen LogP contribution in [0, 0.1) is 0 Å². The molecule has 4 N–H and O–H groups in total. The van der Waals surface area contributed by atoms with Crippen molar-refractivity contribution in [3.63, 3.8) is 0 Å². The maximum absolute atomic E-state index is 11.8. The molecular weight excluding hydrogens is 296 g/mol. The number of benzene rings is 2. The zero-order chi connectivity index (χ0) is 16.4. The van der Waals surface area contributed by atoms with E-state index in [1.807, 2.05) is 24.3 Å². The number of cyclic esters (lactones) is 1. The van der Waals surface area contributed by atoms with Crippen LogP contribution in [0.3, 0.4) is 0 Å². The fourth-order valence-electron chi connectivity index (χ4n) is 2.58. The van der Waals surface area contributed by atoms with Crippen LogP contribution in [0.4, 0.5) is 10.5 Å². The third kappa shape index (κ3) is 2.99. The molecule has 0 bridgehead atoms. The van der Waals surface area contributed by atoms with Gasteiger partial charge in [-0.1, -0.05) is 24.3 Å². The summed E-state index contributed by atoms with van der Waals surface area (Å²) >= 11 is 0. The number of anilines is 1. The molecule has 1 aliphatic rings. The summed E-state index contributed by atoms with van der Waals surface area (Å²) in [7, 11) is 0. The number of phenols is 1. The van der Waals surface area contributed by atoms with Crippen molar-refractivity contribution in [3.05, 3.63) is 48.0 Å². The first-order valence-corrected chi connectivity index (χ1v) is 7.33. The van der Waals surface area contributed by atoms with Gasteiger partial charge in [-0.05, 0) is 23.3 Å². The number of carbonyl (C=O) groups is 1. The third-order valence-electron chi connectivity index (χ3n) is 3.87. The summed E-state index contributed by atoms with van der Waals surface area (Å²) in [5, 5.41) is 19.4. The van der Waals surface area contributed by atoms with Crippen LogP contribution in [0.5, 0.6) is 5.75 Å². The van der Waals surface area contributed by atoms with Crippen molar-refractivity contribution in [3.8, 4) is 16.9 Å². The molecule has 2 aromatic rings. The van der Waals surface area contributed by atoms with Crippen molar-refractivity contribution in [2.75, 3.05) is 18.1 Å². The van der Waals surface area contributed by atoms with Gasteiger partial charge in [-0.25, -0.2) is 4.79 Å². The highest BCUT2D eigenvalue weighted by Gasteiger charge is 2.32. The summed E-state index contributed by atoms with van der Waals surface area (Å²) in [4.78, 5) is 13.2. The summed E-state index contributed by atoms with van der Waals surface area (Å²) in [5.41, 5.74) is 8.66. The number of aliphatic hydroxyl groups excluding tert-OH is 1. The van der Waals surface area contributed by atoms with Crippen molar-refractivity contribution in [1.82, 2.24) is 0 Å². The lowest BCUT2D eigenvalue weighted by Gasteiger charge is -2.15. The molecule has 0 aromatic heterocycles. The third-order valence-corrected chi connectivity index (χ3v) is 3.87. The summed E-state index contributed by atoms with van der Waals surface area (Å²) in [6.45, 7) is 0.507. The van der Waals surface area contributed by atoms with Crippen molar-refractivity contribution >= 4 is 11.8 Å². The molecule has 23 heavy (non-hydrogen) atoms. The van der Waals surface area contributed by atoms with Crippen LogP contribution < -0.4 is 10.6 Å². The zero-order valence-corrected chi connectivity index (χ0v) is 12.5. The molecular formula is C17H18N2O4. The number of ether oxygens (including phenoxy) is 1. The normalized spacial score (nSPS) is 17.4. The minimum Gasteiger partial charge on any atom is -0.507 e. The van der Waals surface area contributed by atoms with E-state index >= 15 is 0 Å². The van der Waals surface area contributed by atoms with E-state index in [1.165, 1.54) is 11.0 Å². The molecule has 0 aliphatic carbocycles. The first kappa shape index (κ1) is 15.3. The molecule has 1 aliphatic heterocycles. The predicted octanol–water partition coefficient (Wildman–Crippen LogP) is 1.84. The average Bonchev–Trinajstić information content (AvgIpc) is 2.96. The number of hydrogen-bond acceptors (Lipinski definition) is 5. The van der Waals surface area contributed by atoms with Crippen molar-refractivity contribution in [1.29, 1.82) is 0 Å². The standard InChI is InChI=1S/C17H18N2O4/c18-8-11-1-3-12(4-2-11)15-6-5-13(7-16(15)21)19-9-14(10-20)23-17(19)22/h1-7,14,20-21H,8-10,18H2/t14-/m1/s1. The second-order valence-corrected chi connectivity index (χ2v) is 5.40. The van der Waals surface area contributed by atoms with Gasteiger partial charge in [0.15, 0.2) is 0 Å². The van der Waals surface area contributed by atoms with E-state index in [9.17, 15) is 9.90 Å². The second kappa shape index (κ2) is 6.28. The molecule has 1 amide bonds. The minimum atomic E-state index is -0.534. The minimum absolute atomic E-state index is 0.0725. The van der Waals surface area contributed by atoms with Crippen LogP contribution in [-0.2, 0) is 11.3 Å². The number of nitrogens with two attached hydrogens (primary N) is 1. The highest BCUT2D eigenvalue weighted by molar-refractivity contribution is 5.90. The van der Waals surface area contributed by atoms with Crippen molar-refractivity contribution < 1.29 is 19.7 Å². The second-order valence-electron chi connectivity index (χ2n) is 5.40. The van der Waals surface area contributed by atoms with E-state index in [2.05, 4.69) is 0 Å². The van der Waals surface area contributed by atoms with Crippen LogP contribution in [0.25, 0.3) is 11.1 Å². The Balaban J connectivity index is 1.87. The summed E-state index contributed by atoms with van der Waals surface area (Å²) in [6, 6.07) is 12.6. The van der Waals surface area contributed by atoms with Gasteiger partial charge in [-0.2, -0.15) is 0 Å². The molecule has 1 heterocycles. The molecule has 6 heteroatoms. The molecule has 0 unspecified atom stereocenters. The molecule has 2 aromatic carbocycles. The fourth-order valence-corrected chi connectivity index (χ4v) is 2.58. The summed E-state index contributed by atoms with van der Waals surface area (Å²) < 4.78 is 5.00. The fraction of sp³-hybridized carbons (Fsp3) is 0.235. The molecule has 0 saturated carbocycles. The number of aromatic hydroxyl groups is 1. The maximum atomic E-state index is 11.8. The van der Waals surface area contributed by atoms with E-state index in [1.54, 1.807) is 12.1 Å². The molecule has 6 nitrogen and oxygen atoms in total. The summed E-state index contributed by atoms with van der Waals surface area (Å²) in [5.74, 6) is 0.0725. The van der Waals surface area contributed by atoms with Crippen LogP contribution in [-0.4, -0.2) is 35.6 Å². The number of aliphatic hydroxyl groups is 1. The number of amides is 1. The zero-order valence-electron chi connectivity index (χ0n) is 12.5. The molecule has 0 spiro atoms. The van der Waals surface area contributed by atoms with Gasteiger partial charge in [-0.3, -0.25) is 4.90 Å². The van der Waals surface area contributed by atoms with Crippen LogP contribution >= 0.6 is 0 Å². The lowest BCUT2D eigenvalue weighted by atomic mass is 10.0. The first-order chi connectivity index (χ1) is 11.1. The topological polar surface area (TPSA) is 96.0 Å². The van der Waals surface area contributed by atoms with Crippen molar-refractivity contribution in [2.45, 2.75) is 12.6 Å². The van der Waals surface area contributed by atoms with Crippen LogP contribution in [0.15, 0.2) is 42.5 Å². The Kier molecular flexibility index (Phi) is 4.18. The van der Waals surface area contributed by atoms with Gasteiger partial charge in [0, 0.05) is 18.2 Å². The van der Waals surface area contributed by atoms with E-state index in [0.717, 1.165) is 11.1 Å². The Morgan fingerprint density at radius 3 is 2.52 bits per heavy atom. The summed E-state index contributed by atoms with van der Waals surface area (Å²) in [6.07, 6.45) is -1.06. The van der Waals surface area contributed by atoms with Gasteiger partial charge in [0.1, 0.15) is 11.9 Å². The lowest BCUT2D eigenvalue weighted by molar-refractivity contribution is 0.0963. The molecule has 0 radical (unpaired) electrons. The highest BCUT2D eigenvalue weighted by Crippen LogP contribution is 2.34. The Hall–Kier alpha value is -2.57. The molecule has 3 rings (SSSR count). The monoisotopic (exact) mass is 314 g/mol. The van der Waals surface area contributed by atoms with Crippen LogP contribution in [0.1, 0.15) is 5.56 Å². The SMILES string of the molecule is NCc1ccc(-c2ccc(N3C[C@H](CO)OC3=O)cc2O)cc1. The van der Waals surface area contributed by atoms with Gasteiger partial charge in [0.25, 0.3) is 0 Å². The highest BCUT2D eigenvalue weighted by atomic mass is 16.6. The Labute approximate surface area is 133 Å². The lowest BCUT2D eigenvalue weighted by Crippen LogP contribution is -2.25.